The molecule has 1 aliphatic carbocycles. The van der Waals surface area contributed by atoms with Crippen LogP contribution in [0.1, 0.15) is 37.7 Å². The SMILES string of the molecule is O=C1Cc2cc(NCC3(CO)CCCCC3)c(Cl)cc2N1. The number of amides is 1. The predicted octanol–water partition coefficient (Wildman–Crippen LogP) is 3.19. The summed E-state index contributed by atoms with van der Waals surface area (Å²) in [5, 5.41) is 16.5. The normalized spacial score (nSPS) is 20.0. The van der Waals surface area contributed by atoms with Crippen LogP contribution in [0.25, 0.3) is 0 Å². The van der Waals surface area contributed by atoms with Crippen molar-refractivity contribution in [2.75, 3.05) is 23.8 Å². The molecule has 1 amide bonds. The van der Waals surface area contributed by atoms with Crippen molar-refractivity contribution in [1.29, 1.82) is 0 Å². The molecule has 3 N–H and O–H groups in total. The third kappa shape index (κ3) is 3.01. The molecular formula is C16H21ClN2O2. The highest BCUT2D eigenvalue weighted by Gasteiger charge is 2.31. The lowest BCUT2D eigenvalue weighted by Gasteiger charge is -2.36. The van der Waals surface area contributed by atoms with Crippen LogP contribution in [0, 0.1) is 5.41 Å². The molecule has 1 aliphatic heterocycles. The van der Waals surface area contributed by atoms with E-state index in [9.17, 15) is 9.90 Å². The zero-order valence-electron chi connectivity index (χ0n) is 12.0. The Morgan fingerprint density at radius 2 is 2.05 bits per heavy atom. The van der Waals surface area contributed by atoms with Crippen molar-refractivity contribution in [1.82, 2.24) is 0 Å². The molecule has 3 rings (SSSR count). The van der Waals surface area contributed by atoms with Crippen molar-refractivity contribution in [2.45, 2.75) is 38.5 Å². The van der Waals surface area contributed by atoms with E-state index in [0.29, 0.717) is 11.4 Å². The highest BCUT2D eigenvalue weighted by atomic mass is 35.5. The number of carbonyl (C=O) groups is 1. The molecule has 1 aromatic carbocycles. The second kappa shape index (κ2) is 5.85. The van der Waals surface area contributed by atoms with E-state index in [1.165, 1.54) is 19.3 Å². The fraction of sp³-hybridized carbons (Fsp3) is 0.562. The van der Waals surface area contributed by atoms with Crippen molar-refractivity contribution < 1.29 is 9.90 Å². The summed E-state index contributed by atoms with van der Waals surface area (Å²) in [6, 6.07) is 3.75. The first-order valence-electron chi connectivity index (χ1n) is 7.59. The average Bonchev–Trinajstić information content (AvgIpc) is 2.85. The van der Waals surface area contributed by atoms with Crippen LogP contribution in [-0.2, 0) is 11.2 Å². The molecule has 114 valence electrons. The van der Waals surface area contributed by atoms with Gasteiger partial charge < -0.3 is 15.7 Å². The first-order valence-corrected chi connectivity index (χ1v) is 7.97. The number of hydrogen-bond donors (Lipinski definition) is 3. The summed E-state index contributed by atoms with van der Waals surface area (Å²) in [4.78, 5) is 11.4. The minimum absolute atomic E-state index is 0.0114. The second-order valence-corrected chi connectivity index (χ2v) is 6.69. The maximum absolute atomic E-state index is 11.4. The summed E-state index contributed by atoms with van der Waals surface area (Å²) in [7, 11) is 0. The second-order valence-electron chi connectivity index (χ2n) is 6.29. The molecule has 0 radical (unpaired) electrons. The Balaban J connectivity index is 1.73. The largest absolute Gasteiger partial charge is 0.396 e. The number of aliphatic hydroxyl groups excluding tert-OH is 1. The Labute approximate surface area is 129 Å². The van der Waals surface area contributed by atoms with E-state index in [1.54, 1.807) is 6.07 Å². The summed E-state index contributed by atoms with van der Waals surface area (Å²) in [6.45, 7) is 0.936. The topological polar surface area (TPSA) is 61.4 Å². The molecule has 0 aromatic heterocycles. The molecule has 0 atom stereocenters. The lowest BCUT2D eigenvalue weighted by atomic mass is 9.74. The smallest absolute Gasteiger partial charge is 0.228 e. The molecular weight excluding hydrogens is 288 g/mol. The van der Waals surface area contributed by atoms with Gasteiger partial charge in [-0.05, 0) is 30.5 Å². The lowest BCUT2D eigenvalue weighted by molar-refractivity contribution is -0.115. The molecule has 1 heterocycles. The van der Waals surface area contributed by atoms with Gasteiger partial charge in [-0.3, -0.25) is 4.79 Å². The van der Waals surface area contributed by atoms with E-state index in [0.717, 1.165) is 36.3 Å². The molecule has 1 aromatic rings. The summed E-state index contributed by atoms with van der Waals surface area (Å²) >= 11 is 6.29. The molecule has 5 heteroatoms. The van der Waals surface area contributed by atoms with Crippen LogP contribution in [0.4, 0.5) is 11.4 Å². The van der Waals surface area contributed by atoms with Crippen LogP contribution >= 0.6 is 11.6 Å². The minimum atomic E-state index is -0.0331. The molecule has 2 aliphatic rings. The fourth-order valence-electron chi connectivity index (χ4n) is 3.36. The first-order chi connectivity index (χ1) is 10.1. The van der Waals surface area contributed by atoms with Gasteiger partial charge >= 0.3 is 0 Å². The van der Waals surface area contributed by atoms with Gasteiger partial charge in [-0.2, -0.15) is 0 Å². The lowest BCUT2D eigenvalue weighted by Crippen LogP contribution is -2.35. The van der Waals surface area contributed by atoms with Crippen LogP contribution in [0.2, 0.25) is 5.02 Å². The number of nitrogens with one attached hydrogen (secondary N) is 2. The predicted molar refractivity (Wildman–Crippen MR) is 84.9 cm³/mol. The molecule has 0 bridgehead atoms. The highest BCUT2D eigenvalue weighted by molar-refractivity contribution is 6.33. The van der Waals surface area contributed by atoms with E-state index in [2.05, 4.69) is 10.6 Å². The number of hydrogen-bond acceptors (Lipinski definition) is 3. The van der Waals surface area contributed by atoms with Crippen LogP contribution in [0.5, 0.6) is 0 Å². The van der Waals surface area contributed by atoms with Gasteiger partial charge in [0.1, 0.15) is 0 Å². The Morgan fingerprint density at radius 3 is 2.76 bits per heavy atom. The van der Waals surface area contributed by atoms with Gasteiger partial charge in [-0.15, -0.1) is 0 Å². The van der Waals surface area contributed by atoms with Gasteiger partial charge in [-0.1, -0.05) is 30.9 Å². The minimum Gasteiger partial charge on any atom is -0.396 e. The summed E-state index contributed by atoms with van der Waals surface area (Å²) < 4.78 is 0. The van der Waals surface area contributed by atoms with Crippen molar-refractivity contribution in [3.8, 4) is 0 Å². The van der Waals surface area contributed by atoms with Gasteiger partial charge in [0.2, 0.25) is 5.91 Å². The summed E-state index contributed by atoms with van der Waals surface area (Å²) in [5.41, 5.74) is 2.61. The Hall–Kier alpha value is -1.26. The van der Waals surface area contributed by atoms with Crippen molar-refractivity contribution in [3.05, 3.63) is 22.7 Å². The molecule has 4 nitrogen and oxygen atoms in total. The van der Waals surface area contributed by atoms with E-state index in [4.69, 9.17) is 11.6 Å². The summed E-state index contributed by atoms with van der Waals surface area (Å²) in [6.07, 6.45) is 6.14. The van der Waals surface area contributed by atoms with E-state index >= 15 is 0 Å². The van der Waals surface area contributed by atoms with Crippen molar-refractivity contribution >= 4 is 28.9 Å². The highest BCUT2D eigenvalue weighted by Crippen LogP contribution is 2.38. The summed E-state index contributed by atoms with van der Waals surface area (Å²) in [5.74, 6) is 0.0114. The standard InChI is InChI=1S/C16H21ClN2O2/c17-12-8-13-11(7-15(21)19-13)6-14(12)18-9-16(10-20)4-2-1-3-5-16/h6,8,18,20H,1-5,7,9-10H2,(H,19,21). The van der Waals surface area contributed by atoms with Gasteiger partial charge in [-0.25, -0.2) is 0 Å². The van der Waals surface area contributed by atoms with Gasteiger partial charge in [0.05, 0.1) is 23.7 Å². The Morgan fingerprint density at radius 1 is 1.29 bits per heavy atom. The quantitative estimate of drug-likeness (QED) is 0.800. The first kappa shape index (κ1) is 14.7. The molecule has 1 fully saturated rings. The van der Waals surface area contributed by atoms with Gasteiger partial charge in [0, 0.05) is 17.6 Å². The third-order valence-electron chi connectivity index (χ3n) is 4.72. The monoisotopic (exact) mass is 308 g/mol. The molecule has 0 unspecified atom stereocenters. The maximum Gasteiger partial charge on any atom is 0.228 e. The Bertz CT molecular complexity index is 553. The zero-order valence-corrected chi connectivity index (χ0v) is 12.8. The molecule has 0 spiro atoms. The number of aliphatic hydroxyl groups is 1. The van der Waals surface area contributed by atoms with Gasteiger partial charge in [0.15, 0.2) is 0 Å². The maximum atomic E-state index is 11.4. The Kier molecular flexibility index (Phi) is 4.09. The van der Waals surface area contributed by atoms with Crippen molar-refractivity contribution in [2.24, 2.45) is 5.41 Å². The molecule has 1 saturated carbocycles. The van der Waals surface area contributed by atoms with E-state index in [1.807, 2.05) is 6.07 Å². The van der Waals surface area contributed by atoms with Crippen LogP contribution in [0.15, 0.2) is 12.1 Å². The number of fused-ring (bicyclic) bond motifs is 1. The third-order valence-corrected chi connectivity index (χ3v) is 5.03. The number of halogens is 1. The van der Waals surface area contributed by atoms with Crippen molar-refractivity contribution in [3.63, 3.8) is 0 Å². The number of carbonyl (C=O) groups excluding carboxylic acids is 1. The molecule has 21 heavy (non-hydrogen) atoms. The van der Waals surface area contributed by atoms with Crippen LogP contribution in [-0.4, -0.2) is 24.2 Å². The fourth-order valence-corrected chi connectivity index (χ4v) is 3.59. The van der Waals surface area contributed by atoms with Crippen LogP contribution in [0.3, 0.4) is 0 Å². The zero-order chi connectivity index (χ0) is 14.9. The van der Waals surface area contributed by atoms with E-state index in [-0.39, 0.29) is 17.9 Å². The number of benzene rings is 1. The molecule has 0 saturated heterocycles. The van der Waals surface area contributed by atoms with E-state index < -0.39 is 0 Å². The number of anilines is 2. The van der Waals surface area contributed by atoms with Crippen LogP contribution < -0.4 is 10.6 Å². The van der Waals surface area contributed by atoms with Gasteiger partial charge in [0.25, 0.3) is 0 Å². The number of rotatable bonds is 4. The average molecular weight is 309 g/mol.